The van der Waals surface area contributed by atoms with Crippen LogP contribution in [-0.2, 0) is 21.2 Å². The second-order valence-corrected chi connectivity index (χ2v) is 6.61. The van der Waals surface area contributed by atoms with Gasteiger partial charge in [-0.25, -0.2) is 13.4 Å². The van der Waals surface area contributed by atoms with Crippen LogP contribution in [0.2, 0.25) is 0 Å². The second kappa shape index (κ2) is 6.07. The number of rotatable bonds is 6. The standard InChI is InChI=1S/C11H9N3O6S2/c15-10(16)4-7-6-21-11(12-7)13-22(19,20)9-3-1-2-8(5-9)14(17)18/h1-3,5-6H,4H2,(H,12,13)(H,15,16). The van der Waals surface area contributed by atoms with Crippen LogP contribution in [0.4, 0.5) is 10.8 Å². The minimum atomic E-state index is -4.04. The molecule has 22 heavy (non-hydrogen) atoms. The molecular formula is C11H9N3O6S2. The van der Waals surface area contributed by atoms with Crippen LogP contribution in [0.5, 0.6) is 0 Å². The molecule has 1 aromatic carbocycles. The van der Waals surface area contributed by atoms with Crippen LogP contribution >= 0.6 is 11.3 Å². The Balaban J connectivity index is 2.24. The third kappa shape index (κ3) is 3.77. The van der Waals surface area contributed by atoms with E-state index < -0.39 is 20.9 Å². The topological polar surface area (TPSA) is 140 Å². The maximum Gasteiger partial charge on any atom is 0.309 e. The van der Waals surface area contributed by atoms with Crippen LogP contribution in [0.15, 0.2) is 34.5 Å². The molecular weight excluding hydrogens is 334 g/mol. The summed E-state index contributed by atoms with van der Waals surface area (Å²) in [6.45, 7) is 0. The molecule has 0 fully saturated rings. The Hall–Kier alpha value is -2.53. The largest absolute Gasteiger partial charge is 0.481 e. The minimum Gasteiger partial charge on any atom is -0.481 e. The zero-order valence-electron chi connectivity index (χ0n) is 10.8. The molecule has 1 heterocycles. The van der Waals surface area contributed by atoms with E-state index in [2.05, 4.69) is 9.71 Å². The van der Waals surface area contributed by atoms with Crippen LogP contribution in [0, 0.1) is 10.1 Å². The van der Waals surface area contributed by atoms with Gasteiger partial charge in [0.05, 0.1) is 21.9 Å². The van der Waals surface area contributed by atoms with Crippen molar-refractivity contribution < 1.29 is 23.2 Å². The molecule has 11 heteroatoms. The lowest BCUT2D eigenvalue weighted by molar-refractivity contribution is -0.385. The van der Waals surface area contributed by atoms with E-state index >= 15 is 0 Å². The number of sulfonamides is 1. The average Bonchev–Trinajstić information content (AvgIpc) is 2.84. The van der Waals surface area contributed by atoms with E-state index in [1.807, 2.05) is 0 Å². The van der Waals surface area contributed by atoms with E-state index in [4.69, 9.17) is 5.11 Å². The molecule has 2 rings (SSSR count). The maximum absolute atomic E-state index is 12.1. The van der Waals surface area contributed by atoms with Crippen molar-refractivity contribution in [2.24, 2.45) is 0 Å². The van der Waals surface area contributed by atoms with Crippen molar-refractivity contribution in [3.05, 3.63) is 45.5 Å². The number of carboxylic acids is 1. The number of anilines is 1. The average molecular weight is 343 g/mol. The first-order chi connectivity index (χ1) is 10.3. The third-order valence-corrected chi connectivity index (χ3v) is 4.72. The number of non-ortho nitro benzene ring substituents is 1. The lowest BCUT2D eigenvalue weighted by atomic mass is 10.3. The van der Waals surface area contributed by atoms with Gasteiger partial charge in [-0.05, 0) is 6.07 Å². The Kier molecular flexibility index (Phi) is 4.37. The molecule has 0 radical (unpaired) electrons. The van der Waals surface area contributed by atoms with Gasteiger partial charge >= 0.3 is 5.97 Å². The third-order valence-electron chi connectivity index (χ3n) is 2.44. The number of hydrogen-bond acceptors (Lipinski definition) is 7. The van der Waals surface area contributed by atoms with E-state index in [9.17, 15) is 23.3 Å². The molecule has 9 nitrogen and oxygen atoms in total. The molecule has 0 aliphatic heterocycles. The quantitative estimate of drug-likeness (QED) is 0.598. The summed E-state index contributed by atoms with van der Waals surface area (Å²) >= 11 is 0.925. The number of aromatic nitrogens is 1. The van der Waals surface area contributed by atoms with Crippen LogP contribution < -0.4 is 4.72 Å². The van der Waals surface area contributed by atoms with Gasteiger partial charge in [0, 0.05) is 17.5 Å². The molecule has 0 saturated carbocycles. The van der Waals surface area contributed by atoms with Gasteiger partial charge in [0.2, 0.25) is 0 Å². The summed E-state index contributed by atoms with van der Waals surface area (Å²) in [4.78, 5) is 24.1. The van der Waals surface area contributed by atoms with Gasteiger partial charge in [-0.1, -0.05) is 6.07 Å². The van der Waals surface area contributed by atoms with Crippen molar-refractivity contribution in [3.63, 3.8) is 0 Å². The molecule has 0 bridgehead atoms. The highest BCUT2D eigenvalue weighted by Crippen LogP contribution is 2.22. The molecule has 0 amide bonds. The Bertz CT molecular complexity index is 830. The minimum absolute atomic E-state index is 0.0113. The van der Waals surface area contributed by atoms with Gasteiger partial charge in [0.1, 0.15) is 0 Å². The Labute approximate surface area is 128 Å². The van der Waals surface area contributed by atoms with E-state index in [0.717, 1.165) is 17.4 Å². The fourth-order valence-electron chi connectivity index (χ4n) is 1.53. The highest BCUT2D eigenvalue weighted by molar-refractivity contribution is 7.93. The highest BCUT2D eigenvalue weighted by Gasteiger charge is 2.19. The molecule has 0 saturated heterocycles. The first-order valence-corrected chi connectivity index (χ1v) is 8.08. The lowest BCUT2D eigenvalue weighted by Crippen LogP contribution is -2.13. The fourth-order valence-corrected chi connectivity index (χ4v) is 3.53. The number of carboxylic acid groups (broad SMARTS) is 1. The highest BCUT2D eigenvalue weighted by atomic mass is 32.2. The molecule has 0 aliphatic carbocycles. The number of aliphatic carboxylic acids is 1. The Morgan fingerprint density at radius 1 is 1.45 bits per heavy atom. The predicted octanol–water partition coefficient (Wildman–Crippen LogP) is 1.48. The van der Waals surface area contributed by atoms with Crippen molar-refractivity contribution >= 4 is 38.1 Å². The molecule has 0 aliphatic rings. The SMILES string of the molecule is O=C(O)Cc1csc(NS(=O)(=O)c2cccc([N+](=O)[O-])c2)n1. The summed E-state index contributed by atoms with van der Waals surface area (Å²) in [5.41, 5.74) is -0.136. The van der Waals surface area contributed by atoms with E-state index in [1.165, 1.54) is 23.6 Å². The van der Waals surface area contributed by atoms with Crippen molar-refractivity contribution in [2.75, 3.05) is 4.72 Å². The number of nitrogens with zero attached hydrogens (tertiary/aromatic N) is 2. The van der Waals surface area contributed by atoms with Gasteiger partial charge in [0.25, 0.3) is 15.7 Å². The zero-order chi connectivity index (χ0) is 16.3. The van der Waals surface area contributed by atoms with Crippen molar-refractivity contribution in [1.82, 2.24) is 4.98 Å². The summed E-state index contributed by atoms with van der Waals surface area (Å²) in [6.07, 6.45) is -0.324. The molecule has 116 valence electrons. The van der Waals surface area contributed by atoms with Gasteiger partial charge in [-0.3, -0.25) is 19.6 Å². The summed E-state index contributed by atoms with van der Waals surface area (Å²) in [7, 11) is -4.04. The first-order valence-electron chi connectivity index (χ1n) is 5.71. The number of thiazole rings is 1. The summed E-state index contributed by atoms with van der Waals surface area (Å²) in [5.74, 6) is -1.08. The second-order valence-electron chi connectivity index (χ2n) is 4.07. The van der Waals surface area contributed by atoms with Crippen LogP contribution in [0.3, 0.4) is 0 Å². The van der Waals surface area contributed by atoms with E-state index in [0.29, 0.717) is 0 Å². The van der Waals surface area contributed by atoms with Gasteiger partial charge in [-0.2, -0.15) is 0 Å². The fraction of sp³-hybridized carbons (Fsp3) is 0.0909. The summed E-state index contributed by atoms with van der Waals surface area (Å²) in [5, 5.41) is 20.7. The van der Waals surface area contributed by atoms with Crippen LogP contribution in [0.1, 0.15) is 5.69 Å². The monoisotopic (exact) mass is 343 g/mol. The molecule has 0 unspecified atom stereocenters. The number of hydrogen-bond donors (Lipinski definition) is 2. The Morgan fingerprint density at radius 3 is 2.82 bits per heavy atom. The first kappa shape index (κ1) is 15.9. The number of nitro benzene ring substituents is 1. The van der Waals surface area contributed by atoms with Crippen molar-refractivity contribution in [3.8, 4) is 0 Å². The van der Waals surface area contributed by atoms with E-state index in [-0.39, 0.29) is 27.8 Å². The Morgan fingerprint density at radius 2 is 2.18 bits per heavy atom. The van der Waals surface area contributed by atoms with Gasteiger partial charge in [0.15, 0.2) is 5.13 Å². The smallest absolute Gasteiger partial charge is 0.309 e. The molecule has 1 aromatic heterocycles. The molecule has 0 atom stereocenters. The maximum atomic E-state index is 12.1. The number of nitrogens with one attached hydrogen (secondary N) is 1. The zero-order valence-corrected chi connectivity index (χ0v) is 12.4. The molecule has 0 spiro atoms. The number of carbonyl (C=O) groups is 1. The number of benzene rings is 1. The summed E-state index contributed by atoms with van der Waals surface area (Å²) < 4.78 is 26.4. The van der Waals surface area contributed by atoms with Crippen LogP contribution in [0.25, 0.3) is 0 Å². The van der Waals surface area contributed by atoms with Crippen LogP contribution in [-0.4, -0.2) is 29.4 Å². The van der Waals surface area contributed by atoms with Crippen molar-refractivity contribution in [1.29, 1.82) is 0 Å². The predicted molar refractivity (Wildman–Crippen MR) is 77.4 cm³/mol. The van der Waals surface area contributed by atoms with Crippen molar-refractivity contribution in [2.45, 2.75) is 11.3 Å². The van der Waals surface area contributed by atoms with Gasteiger partial charge in [-0.15, -0.1) is 11.3 Å². The lowest BCUT2D eigenvalue weighted by Gasteiger charge is -2.04. The molecule has 2 aromatic rings. The van der Waals surface area contributed by atoms with Gasteiger partial charge < -0.3 is 5.11 Å². The molecule has 2 N–H and O–H groups in total. The number of nitro groups is 1. The summed E-state index contributed by atoms with van der Waals surface area (Å²) in [6, 6.07) is 4.56. The van der Waals surface area contributed by atoms with E-state index in [1.54, 1.807) is 0 Å². The normalized spacial score (nSPS) is 11.1.